The molecule has 86 valence electrons. The highest BCUT2D eigenvalue weighted by atomic mass is 15.4. The Morgan fingerprint density at radius 3 is 2.40 bits per heavy atom. The molecule has 0 atom stereocenters. The van der Waals surface area contributed by atoms with Crippen LogP contribution in [-0.4, -0.2) is 22.9 Å². The Balaban J connectivity index is 3.05. The smallest absolute Gasteiger partial charge is 0.150 e. The van der Waals surface area contributed by atoms with E-state index in [0.29, 0.717) is 0 Å². The first-order valence-electron chi connectivity index (χ1n) is 5.71. The van der Waals surface area contributed by atoms with Crippen LogP contribution in [-0.2, 0) is 13.5 Å². The van der Waals surface area contributed by atoms with Crippen molar-refractivity contribution in [1.82, 2.24) is 9.78 Å². The lowest BCUT2D eigenvalue weighted by atomic mass is 10.3. The van der Waals surface area contributed by atoms with Crippen molar-refractivity contribution in [3.05, 3.63) is 5.69 Å². The zero-order valence-corrected chi connectivity index (χ0v) is 10.2. The molecule has 0 aromatic carbocycles. The first-order valence-corrected chi connectivity index (χ1v) is 5.71. The molecule has 0 aliphatic rings. The van der Waals surface area contributed by atoms with Gasteiger partial charge in [0.15, 0.2) is 0 Å². The molecule has 15 heavy (non-hydrogen) atoms. The molecule has 0 aliphatic carbocycles. The van der Waals surface area contributed by atoms with Crippen LogP contribution in [0, 0.1) is 0 Å². The predicted octanol–water partition coefficient (Wildman–Crippen LogP) is 1.80. The van der Waals surface area contributed by atoms with Crippen molar-refractivity contribution in [3.63, 3.8) is 0 Å². The summed E-state index contributed by atoms with van der Waals surface area (Å²) in [5, 5.41) is 4.43. The van der Waals surface area contributed by atoms with E-state index in [2.05, 4.69) is 30.8 Å². The van der Waals surface area contributed by atoms with Crippen LogP contribution in [0.3, 0.4) is 0 Å². The summed E-state index contributed by atoms with van der Waals surface area (Å²) in [5.41, 5.74) is 7.94. The van der Waals surface area contributed by atoms with E-state index < -0.39 is 0 Å². The van der Waals surface area contributed by atoms with E-state index in [0.717, 1.165) is 43.1 Å². The first kappa shape index (κ1) is 11.9. The van der Waals surface area contributed by atoms with Gasteiger partial charge in [0.1, 0.15) is 5.82 Å². The van der Waals surface area contributed by atoms with Crippen molar-refractivity contribution in [2.45, 2.75) is 33.6 Å². The second-order valence-electron chi connectivity index (χ2n) is 3.74. The summed E-state index contributed by atoms with van der Waals surface area (Å²) in [7, 11) is 1.96. The van der Waals surface area contributed by atoms with E-state index in [1.165, 1.54) is 0 Å². The minimum absolute atomic E-state index is 0.843. The lowest BCUT2D eigenvalue weighted by Gasteiger charge is -2.22. The zero-order chi connectivity index (χ0) is 11.4. The number of rotatable bonds is 5. The third kappa shape index (κ3) is 2.25. The maximum absolute atomic E-state index is 6.10. The van der Waals surface area contributed by atoms with Crippen molar-refractivity contribution in [2.75, 3.05) is 23.7 Å². The number of nitrogen functional groups attached to an aromatic ring is 1. The highest BCUT2D eigenvalue weighted by molar-refractivity contribution is 5.66. The fourth-order valence-electron chi connectivity index (χ4n) is 1.91. The Morgan fingerprint density at radius 1 is 1.33 bits per heavy atom. The quantitative estimate of drug-likeness (QED) is 0.806. The summed E-state index contributed by atoms with van der Waals surface area (Å²) in [6.07, 6.45) is 2.02. The van der Waals surface area contributed by atoms with E-state index in [1.54, 1.807) is 0 Å². The summed E-state index contributed by atoms with van der Waals surface area (Å²) in [4.78, 5) is 2.28. The summed E-state index contributed by atoms with van der Waals surface area (Å²) in [6.45, 7) is 8.41. The average Bonchev–Trinajstić information content (AvgIpc) is 2.51. The number of hydrogen-bond donors (Lipinski definition) is 1. The number of nitrogens with two attached hydrogens (primary N) is 1. The van der Waals surface area contributed by atoms with Crippen molar-refractivity contribution in [2.24, 2.45) is 7.05 Å². The Kier molecular flexibility index (Phi) is 4.00. The molecular formula is C11H22N4. The minimum atomic E-state index is 0.843. The molecule has 2 N–H and O–H groups in total. The second-order valence-corrected chi connectivity index (χ2v) is 3.74. The Morgan fingerprint density at radius 2 is 2.00 bits per heavy atom. The summed E-state index contributed by atoms with van der Waals surface area (Å²) in [5.74, 6) is 1.07. The topological polar surface area (TPSA) is 47.1 Å². The lowest BCUT2D eigenvalue weighted by Crippen LogP contribution is -2.26. The fraction of sp³-hybridized carbons (Fsp3) is 0.727. The molecule has 0 fully saturated rings. The number of aromatic nitrogens is 2. The van der Waals surface area contributed by atoms with Gasteiger partial charge in [0.2, 0.25) is 0 Å². The van der Waals surface area contributed by atoms with E-state index in [-0.39, 0.29) is 0 Å². The van der Waals surface area contributed by atoms with E-state index >= 15 is 0 Å². The van der Waals surface area contributed by atoms with Crippen LogP contribution in [0.1, 0.15) is 32.9 Å². The molecule has 1 rings (SSSR count). The molecule has 0 saturated carbocycles. The predicted molar refractivity (Wildman–Crippen MR) is 65.2 cm³/mol. The third-order valence-corrected chi connectivity index (χ3v) is 2.64. The molecular weight excluding hydrogens is 188 g/mol. The second kappa shape index (κ2) is 5.05. The molecule has 0 radical (unpaired) electrons. The van der Waals surface area contributed by atoms with E-state index in [4.69, 9.17) is 5.73 Å². The molecule has 1 aromatic rings. The Bertz CT molecular complexity index is 317. The number of nitrogens with zero attached hydrogens (tertiary/aromatic N) is 3. The highest BCUT2D eigenvalue weighted by Gasteiger charge is 2.16. The number of aryl methyl sites for hydroxylation is 2. The highest BCUT2D eigenvalue weighted by Crippen LogP contribution is 2.26. The van der Waals surface area contributed by atoms with Gasteiger partial charge in [0.25, 0.3) is 0 Å². The standard InChI is InChI=1S/C11H22N4/c1-5-8-15(7-3)11-10(12)9(6-2)13-14(11)4/h5-8,12H2,1-4H3. The van der Waals surface area contributed by atoms with Crippen LogP contribution >= 0.6 is 0 Å². The first-order chi connectivity index (χ1) is 7.15. The monoisotopic (exact) mass is 210 g/mol. The third-order valence-electron chi connectivity index (χ3n) is 2.64. The Hall–Kier alpha value is -1.19. The molecule has 0 amide bonds. The van der Waals surface area contributed by atoms with Crippen LogP contribution < -0.4 is 10.6 Å². The van der Waals surface area contributed by atoms with E-state index in [9.17, 15) is 0 Å². The normalized spacial score (nSPS) is 10.7. The van der Waals surface area contributed by atoms with Crippen LogP contribution in [0.25, 0.3) is 0 Å². The van der Waals surface area contributed by atoms with Crippen LogP contribution in [0.2, 0.25) is 0 Å². The van der Waals surface area contributed by atoms with Gasteiger partial charge in [-0.15, -0.1) is 0 Å². The van der Waals surface area contributed by atoms with Gasteiger partial charge >= 0.3 is 0 Å². The van der Waals surface area contributed by atoms with Gasteiger partial charge in [-0.05, 0) is 19.8 Å². The van der Waals surface area contributed by atoms with Gasteiger partial charge in [-0.2, -0.15) is 5.10 Å². The molecule has 0 bridgehead atoms. The Labute approximate surface area is 92.1 Å². The maximum atomic E-state index is 6.10. The van der Waals surface area contributed by atoms with E-state index in [1.807, 2.05) is 11.7 Å². The summed E-state index contributed by atoms with van der Waals surface area (Å²) >= 11 is 0. The molecule has 1 heterocycles. The van der Waals surface area contributed by atoms with Crippen molar-refractivity contribution < 1.29 is 0 Å². The molecule has 4 nitrogen and oxygen atoms in total. The van der Waals surface area contributed by atoms with Crippen LogP contribution in [0.4, 0.5) is 11.5 Å². The molecule has 0 spiro atoms. The largest absolute Gasteiger partial charge is 0.394 e. The van der Waals surface area contributed by atoms with Gasteiger partial charge in [-0.25, -0.2) is 0 Å². The van der Waals surface area contributed by atoms with Gasteiger partial charge in [-0.1, -0.05) is 13.8 Å². The minimum Gasteiger partial charge on any atom is -0.394 e. The number of anilines is 2. The fourth-order valence-corrected chi connectivity index (χ4v) is 1.91. The molecule has 0 aliphatic heterocycles. The summed E-state index contributed by atoms with van der Waals surface area (Å²) in [6, 6.07) is 0. The van der Waals surface area contributed by atoms with Gasteiger partial charge in [-0.3, -0.25) is 4.68 Å². The number of hydrogen-bond acceptors (Lipinski definition) is 3. The van der Waals surface area contributed by atoms with Crippen molar-refractivity contribution in [1.29, 1.82) is 0 Å². The maximum Gasteiger partial charge on any atom is 0.150 e. The average molecular weight is 210 g/mol. The van der Waals surface area contributed by atoms with Gasteiger partial charge in [0, 0.05) is 20.1 Å². The zero-order valence-electron chi connectivity index (χ0n) is 10.2. The molecule has 0 unspecified atom stereocenters. The molecule has 1 aromatic heterocycles. The van der Waals surface area contributed by atoms with Gasteiger partial charge < -0.3 is 10.6 Å². The van der Waals surface area contributed by atoms with Crippen LogP contribution in [0.15, 0.2) is 0 Å². The SMILES string of the molecule is CCCN(CC)c1c(N)c(CC)nn1C. The lowest BCUT2D eigenvalue weighted by molar-refractivity contribution is 0.694. The molecule has 0 saturated heterocycles. The molecule has 4 heteroatoms. The van der Waals surface area contributed by atoms with Crippen LogP contribution in [0.5, 0.6) is 0 Å². The van der Waals surface area contributed by atoms with Crippen molar-refractivity contribution in [3.8, 4) is 0 Å². The van der Waals surface area contributed by atoms with Gasteiger partial charge in [0.05, 0.1) is 11.4 Å². The summed E-state index contributed by atoms with van der Waals surface area (Å²) < 4.78 is 1.90. The van der Waals surface area contributed by atoms with Crippen molar-refractivity contribution >= 4 is 11.5 Å².